The first kappa shape index (κ1) is 13.1. The smallest absolute Gasteiger partial charge is 0.137 e. The normalized spacial score (nSPS) is 11.6. The number of imidazole rings is 1. The minimum Gasteiger partial charge on any atom is -0.304 e. The maximum Gasteiger partial charge on any atom is 0.137 e. The van der Waals surface area contributed by atoms with Gasteiger partial charge in [-0.25, -0.2) is 9.50 Å². The largest absolute Gasteiger partial charge is 0.304 e. The third-order valence-corrected chi connectivity index (χ3v) is 4.21. The SMILES string of the molecule is Cc1cc2ccc(Cc3cn4c(C)cccc4n3)c(C)n2n1. The molecule has 0 fully saturated rings. The molecule has 4 heteroatoms. The van der Waals surface area contributed by atoms with Gasteiger partial charge in [-0.05, 0) is 50.6 Å². The molecule has 0 spiro atoms. The maximum absolute atomic E-state index is 4.73. The number of aryl methyl sites for hydroxylation is 3. The minimum atomic E-state index is 0.821. The van der Waals surface area contributed by atoms with Gasteiger partial charge in [0.25, 0.3) is 0 Å². The van der Waals surface area contributed by atoms with Crippen molar-refractivity contribution in [3.63, 3.8) is 0 Å². The third kappa shape index (κ3) is 1.99. The van der Waals surface area contributed by atoms with Gasteiger partial charge in [0.2, 0.25) is 0 Å². The number of rotatable bonds is 2. The average molecular weight is 290 g/mol. The van der Waals surface area contributed by atoms with Crippen LogP contribution in [0.3, 0.4) is 0 Å². The van der Waals surface area contributed by atoms with E-state index in [0.29, 0.717) is 0 Å². The molecule has 0 aliphatic heterocycles. The number of fused-ring (bicyclic) bond motifs is 2. The second-order valence-corrected chi connectivity index (χ2v) is 5.87. The highest BCUT2D eigenvalue weighted by Crippen LogP contribution is 2.18. The van der Waals surface area contributed by atoms with Gasteiger partial charge in [-0.3, -0.25) is 0 Å². The van der Waals surface area contributed by atoms with Crippen molar-refractivity contribution in [3.8, 4) is 0 Å². The summed E-state index contributed by atoms with van der Waals surface area (Å²) in [6.07, 6.45) is 2.95. The minimum absolute atomic E-state index is 0.821. The van der Waals surface area contributed by atoms with E-state index in [0.717, 1.165) is 29.0 Å². The molecule has 4 aromatic rings. The van der Waals surface area contributed by atoms with Gasteiger partial charge in [-0.2, -0.15) is 5.10 Å². The van der Waals surface area contributed by atoms with Crippen LogP contribution in [-0.2, 0) is 6.42 Å². The summed E-state index contributed by atoms with van der Waals surface area (Å²) in [5.41, 5.74) is 7.92. The fourth-order valence-electron chi connectivity index (χ4n) is 3.02. The molecule has 0 saturated carbocycles. The zero-order valence-corrected chi connectivity index (χ0v) is 13.0. The molecule has 0 aliphatic carbocycles. The summed E-state index contributed by atoms with van der Waals surface area (Å²) in [5.74, 6) is 0. The number of pyridine rings is 2. The predicted octanol–water partition coefficient (Wildman–Crippen LogP) is 3.50. The van der Waals surface area contributed by atoms with Crippen LogP contribution >= 0.6 is 0 Å². The average Bonchev–Trinajstić information content (AvgIpc) is 3.06. The Morgan fingerprint density at radius 1 is 1.05 bits per heavy atom. The summed E-state index contributed by atoms with van der Waals surface area (Å²) in [7, 11) is 0. The van der Waals surface area contributed by atoms with Crippen LogP contribution in [0.1, 0.15) is 28.3 Å². The highest BCUT2D eigenvalue weighted by molar-refractivity contribution is 5.51. The number of nitrogens with zero attached hydrogens (tertiary/aromatic N) is 4. The number of hydrogen-bond donors (Lipinski definition) is 0. The van der Waals surface area contributed by atoms with E-state index < -0.39 is 0 Å². The predicted molar refractivity (Wildman–Crippen MR) is 87.4 cm³/mol. The Balaban J connectivity index is 1.78. The van der Waals surface area contributed by atoms with Crippen LogP contribution in [0.4, 0.5) is 0 Å². The molecular formula is C18H18N4. The van der Waals surface area contributed by atoms with Gasteiger partial charge < -0.3 is 4.40 Å². The first-order valence-corrected chi connectivity index (χ1v) is 7.50. The standard InChI is InChI=1S/C18H18N4/c1-12-9-17-8-7-15(14(3)22(17)20-12)10-16-11-21-13(2)5-4-6-18(21)19-16/h4-9,11H,10H2,1-3H3. The van der Waals surface area contributed by atoms with E-state index in [1.807, 2.05) is 23.6 Å². The van der Waals surface area contributed by atoms with E-state index in [1.165, 1.54) is 17.0 Å². The van der Waals surface area contributed by atoms with Crippen LogP contribution in [0.25, 0.3) is 11.2 Å². The molecule has 0 aliphatic rings. The monoisotopic (exact) mass is 290 g/mol. The molecule has 4 aromatic heterocycles. The van der Waals surface area contributed by atoms with Crippen molar-refractivity contribution >= 4 is 11.2 Å². The lowest BCUT2D eigenvalue weighted by molar-refractivity contribution is 0.871. The lowest BCUT2D eigenvalue weighted by Gasteiger charge is -2.06. The Morgan fingerprint density at radius 2 is 1.91 bits per heavy atom. The van der Waals surface area contributed by atoms with E-state index in [4.69, 9.17) is 4.98 Å². The molecule has 0 atom stereocenters. The second-order valence-electron chi connectivity index (χ2n) is 5.87. The Bertz CT molecular complexity index is 991. The molecule has 0 aromatic carbocycles. The molecule has 22 heavy (non-hydrogen) atoms. The Kier molecular flexibility index (Phi) is 2.79. The van der Waals surface area contributed by atoms with Crippen LogP contribution in [0.2, 0.25) is 0 Å². The summed E-state index contributed by atoms with van der Waals surface area (Å²) < 4.78 is 4.16. The summed E-state index contributed by atoms with van der Waals surface area (Å²) in [6.45, 7) is 6.25. The van der Waals surface area contributed by atoms with E-state index in [1.54, 1.807) is 0 Å². The van der Waals surface area contributed by atoms with Gasteiger partial charge in [-0.1, -0.05) is 12.1 Å². The van der Waals surface area contributed by atoms with Crippen molar-refractivity contribution in [2.24, 2.45) is 0 Å². The van der Waals surface area contributed by atoms with Gasteiger partial charge in [0, 0.05) is 24.0 Å². The van der Waals surface area contributed by atoms with E-state index in [2.05, 4.69) is 53.8 Å². The Hall–Kier alpha value is -2.62. The summed E-state index contributed by atoms with van der Waals surface area (Å²) in [6, 6.07) is 12.6. The van der Waals surface area contributed by atoms with Gasteiger partial charge in [0.1, 0.15) is 5.65 Å². The summed E-state index contributed by atoms with van der Waals surface area (Å²) in [4.78, 5) is 4.73. The Morgan fingerprint density at radius 3 is 2.73 bits per heavy atom. The van der Waals surface area contributed by atoms with Crippen LogP contribution in [0.5, 0.6) is 0 Å². The van der Waals surface area contributed by atoms with Crippen LogP contribution in [0, 0.1) is 20.8 Å². The topological polar surface area (TPSA) is 34.6 Å². The number of aromatic nitrogens is 4. The van der Waals surface area contributed by atoms with Crippen LogP contribution < -0.4 is 0 Å². The Labute approximate surface area is 129 Å². The second kappa shape index (κ2) is 4.70. The third-order valence-electron chi connectivity index (χ3n) is 4.21. The van der Waals surface area contributed by atoms with E-state index in [-0.39, 0.29) is 0 Å². The van der Waals surface area contributed by atoms with Gasteiger partial charge >= 0.3 is 0 Å². The van der Waals surface area contributed by atoms with E-state index in [9.17, 15) is 0 Å². The maximum atomic E-state index is 4.73. The number of hydrogen-bond acceptors (Lipinski definition) is 2. The molecule has 0 radical (unpaired) electrons. The molecular weight excluding hydrogens is 272 g/mol. The molecule has 0 saturated heterocycles. The highest BCUT2D eigenvalue weighted by Gasteiger charge is 2.09. The van der Waals surface area contributed by atoms with Crippen molar-refractivity contribution < 1.29 is 0 Å². The summed E-state index contributed by atoms with van der Waals surface area (Å²) >= 11 is 0. The quantitative estimate of drug-likeness (QED) is 0.566. The zero-order chi connectivity index (χ0) is 15.3. The molecule has 110 valence electrons. The molecule has 4 nitrogen and oxygen atoms in total. The van der Waals surface area contributed by atoms with Crippen molar-refractivity contribution in [2.45, 2.75) is 27.2 Å². The first-order valence-electron chi connectivity index (χ1n) is 7.50. The fraction of sp³-hybridized carbons (Fsp3) is 0.222. The lowest BCUT2D eigenvalue weighted by Crippen LogP contribution is -2.00. The van der Waals surface area contributed by atoms with Crippen molar-refractivity contribution in [3.05, 3.63) is 70.9 Å². The molecule has 0 N–H and O–H groups in total. The fourth-order valence-corrected chi connectivity index (χ4v) is 3.02. The van der Waals surface area contributed by atoms with Crippen LogP contribution in [-0.4, -0.2) is 19.0 Å². The van der Waals surface area contributed by atoms with Crippen molar-refractivity contribution in [1.82, 2.24) is 19.0 Å². The summed E-state index contributed by atoms with van der Waals surface area (Å²) in [5, 5.41) is 4.56. The lowest BCUT2D eigenvalue weighted by atomic mass is 10.1. The van der Waals surface area contributed by atoms with Gasteiger partial charge in [0.15, 0.2) is 0 Å². The molecule has 4 rings (SSSR count). The van der Waals surface area contributed by atoms with Crippen molar-refractivity contribution in [1.29, 1.82) is 0 Å². The first-order chi connectivity index (χ1) is 10.6. The zero-order valence-electron chi connectivity index (χ0n) is 13.0. The highest BCUT2D eigenvalue weighted by atomic mass is 15.2. The van der Waals surface area contributed by atoms with E-state index >= 15 is 0 Å². The van der Waals surface area contributed by atoms with Crippen molar-refractivity contribution in [2.75, 3.05) is 0 Å². The molecule has 0 amide bonds. The van der Waals surface area contributed by atoms with Crippen LogP contribution in [0.15, 0.2) is 42.6 Å². The van der Waals surface area contributed by atoms with Gasteiger partial charge in [0.05, 0.1) is 16.9 Å². The molecule has 4 heterocycles. The molecule has 0 unspecified atom stereocenters. The molecule has 0 bridgehead atoms. The van der Waals surface area contributed by atoms with Gasteiger partial charge in [-0.15, -0.1) is 0 Å².